The minimum absolute atomic E-state index is 0.0435. The van der Waals surface area contributed by atoms with Gasteiger partial charge in [-0.3, -0.25) is 4.79 Å². The van der Waals surface area contributed by atoms with Crippen LogP contribution in [0.4, 0.5) is 5.95 Å². The second-order valence-corrected chi connectivity index (χ2v) is 8.91. The number of hydrogen-bond acceptors (Lipinski definition) is 6. The Labute approximate surface area is 193 Å². The monoisotopic (exact) mass is 444 g/mol. The van der Waals surface area contributed by atoms with Crippen molar-refractivity contribution < 1.29 is 14.3 Å². The number of methoxy groups -OCH3 is 2. The van der Waals surface area contributed by atoms with E-state index in [1.54, 1.807) is 14.2 Å². The number of fused-ring (bicyclic) bond motifs is 1. The maximum Gasteiger partial charge on any atom is 0.226 e. The molecule has 0 spiro atoms. The number of ether oxygens (including phenoxy) is 2. The second-order valence-electron chi connectivity index (χ2n) is 8.91. The highest BCUT2D eigenvalue weighted by Gasteiger charge is 2.39. The average molecular weight is 445 g/mol. The van der Waals surface area contributed by atoms with E-state index in [2.05, 4.69) is 53.5 Å². The quantitative estimate of drug-likeness (QED) is 0.607. The number of carbonyl (C=O) groups is 1. The van der Waals surface area contributed by atoms with Crippen LogP contribution in [0.3, 0.4) is 0 Å². The first kappa shape index (κ1) is 21.2. The first-order chi connectivity index (χ1) is 16.0. The van der Waals surface area contributed by atoms with Gasteiger partial charge in [0.1, 0.15) is 12.4 Å². The van der Waals surface area contributed by atoms with E-state index < -0.39 is 0 Å². The molecule has 1 aromatic heterocycles. The number of anilines is 1. The molecule has 2 aromatic carbocycles. The molecule has 0 radical (unpaired) electrons. The van der Waals surface area contributed by atoms with Crippen molar-refractivity contribution in [1.82, 2.24) is 14.8 Å². The number of nitrogens with one attached hydrogen (secondary N) is 1. The molecule has 0 amide bonds. The van der Waals surface area contributed by atoms with E-state index in [4.69, 9.17) is 9.47 Å². The Balaban J connectivity index is 1.53. The molecule has 33 heavy (non-hydrogen) atoms. The third-order valence-electron chi connectivity index (χ3n) is 6.66. The maximum atomic E-state index is 13.6. The standard InChI is InChI=1S/C26H28N4O3/c1-15(2)16-5-7-17(8-6-16)25-24-20(29-26-27-14-28-30(25)26)11-19(12-21(24)31)18-9-10-22(32-3)23(13-18)33-4/h5-10,13-15,19,25H,11-12H2,1-4H3,(H,27,28,29)/t19-,25-/m0/s1. The van der Waals surface area contributed by atoms with Crippen LogP contribution in [0.2, 0.25) is 0 Å². The van der Waals surface area contributed by atoms with Gasteiger partial charge in [0, 0.05) is 17.7 Å². The molecular formula is C26H28N4O3. The number of aromatic nitrogens is 3. The van der Waals surface area contributed by atoms with E-state index in [0.717, 1.165) is 22.4 Å². The van der Waals surface area contributed by atoms with Crippen LogP contribution in [0, 0.1) is 0 Å². The van der Waals surface area contributed by atoms with Gasteiger partial charge in [-0.2, -0.15) is 10.1 Å². The number of carbonyl (C=O) groups excluding carboxylic acids is 1. The zero-order valence-electron chi connectivity index (χ0n) is 19.3. The van der Waals surface area contributed by atoms with E-state index in [0.29, 0.717) is 36.2 Å². The number of hydrogen-bond donors (Lipinski definition) is 1. The van der Waals surface area contributed by atoms with Gasteiger partial charge < -0.3 is 14.8 Å². The van der Waals surface area contributed by atoms with Crippen LogP contribution in [0.25, 0.3) is 0 Å². The van der Waals surface area contributed by atoms with Crippen molar-refractivity contribution in [2.45, 2.75) is 44.6 Å². The SMILES string of the molecule is COc1ccc([C@@H]2CC(=O)C3=C(C2)Nc2ncnn2[C@H]3c2ccc(C(C)C)cc2)cc1OC. The molecule has 0 saturated carbocycles. The highest BCUT2D eigenvalue weighted by Crippen LogP contribution is 2.45. The molecule has 0 bridgehead atoms. The maximum absolute atomic E-state index is 13.6. The lowest BCUT2D eigenvalue weighted by Crippen LogP contribution is -2.33. The first-order valence-electron chi connectivity index (χ1n) is 11.2. The first-order valence-corrected chi connectivity index (χ1v) is 11.2. The van der Waals surface area contributed by atoms with Crippen molar-refractivity contribution in [2.75, 3.05) is 19.5 Å². The number of allylic oxidation sites excluding steroid dienone is 2. The topological polar surface area (TPSA) is 78.3 Å². The summed E-state index contributed by atoms with van der Waals surface area (Å²) in [7, 11) is 3.24. The summed E-state index contributed by atoms with van der Waals surface area (Å²) in [6, 6.07) is 14.1. The summed E-state index contributed by atoms with van der Waals surface area (Å²) in [5.74, 6) is 2.62. The van der Waals surface area contributed by atoms with Crippen molar-refractivity contribution >= 4 is 11.7 Å². The van der Waals surface area contributed by atoms with E-state index in [1.807, 2.05) is 22.9 Å². The molecule has 2 heterocycles. The summed E-state index contributed by atoms with van der Waals surface area (Å²) < 4.78 is 12.7. The predicted molar refractivity (Wildman–Crippen MR) is 126 cm³/mol. The molecule has 170 valence electrons. The van der Waals surface area contributed by atoms with Crippen molar-refractivity contribution in [3.8, 4) is 11.5 Å². The van der Waals surface area contributed by atoms with Crippen LogP contribution in [0.15, 0.2) is 60.1 Å². The molecule has 1 N–H and O–H groups in total. The van der Waals surface area contributed by atoms with Crippen molar-refractivity contribution in [2.24, 2.45) is 0 Å². The summed E-state index contributed by atoms with van der Waals surface area (Å²) in [5, 5.41) is 7.82. The summed E-state index contributed by atoms with van der Waals surface area (Å²) in [6.45, 7) is 4.35. The second kappa shape index (κ2) is 8.39. The van der Waals surface area contributed by atoms with Crippen LogP contribution >= 0.6 is 0 Å². The zero-order chi connectivity index (χ0) is 23.1. The molecular weight excluding hydrogens is 416 g/mol. The highest BCUT2D eigenvalue weighted by molar-refractivity contribution is 6.00. The predicted octanol–water partition coefficient (Wildman–Crippen LogP) is 4.83. The van der Waals surface area contributed by atoms with Gasteiger partial charge in [0.15, 0.2) is 17.3 Å². The Hall–Kier alpha value is -3.61. The zero-order valence-corrected chi connectivity index (χ0v) is 19.3. The molecule has 1 aliphatic heterocycles. The van der Waals surface area contributed by atoms with Gasteiger partial charge in [0.25, 0.3) is 0 Å². The molecule has 0 unspecified atom stereocenters. The van der Waals surface area contributed by atoms with Gasteiger partial charge in [0.05, 0.1) is 14.2 Å². The normalized spacial score (nSPS) is 19.7. The lowest BCUT2D eigenvalue weighted by atomic mass is 9.77. The molecule has 2 atom stereocenters. The van der Waals surface area contributed by atoms with E-state index in [9.17, 15) is 4.79 Å². The van der Waals surface area contributed by atoms with Gasteiger partial charge in [-0.1, -0.05) is 44.2 Å². The Morgan fingerprint density at radius 1 is 1.00 bits per heavy atom. The Morgan fingerprint density at radius 3 is 2.42 bits per heavy atom. The molecule has 2 aliphatic rings. The fourth-order valence-electron chi connectivity index (χ4n) is 4.87. The van der Waals surface area contributed by atoms with Crippen molar-refractivity contribution in [1.29, 1.82) is 0 Å². The lowest BCUT2D eigenvalue weighted by Gasteiger charge is -2.35. The highest BCUT2D eigenvalue weighted by atomic mass is 16.5. The van der Waals surface area contributed by atoms with E-state index >= 15 is 0 Å². The Bertz CT molecular complexity index is 1230. The minimum atomic E-state index is -0.279. The number of ketones is 1. The van der Waals surface area contributed by atoms with E-state index in [-0.39, 0.29) is 17.7 Å². The molecule has 1 aliphatic carbocycles. The summed E-state index contributed by atoms with van der Waals surface area (Å²) >= 11 is 0. The molecule has 5 rings (SSSR count). The van der Waals surface area contributed by atoms with Gasteiger partial charge in [-0.25, -0.2) is 4.68 Å². The smallest absolute Gasteiger partial charge is 0.226 e. The molecule has 3 aromatic rings. The summed E-state index contributed by atoms with van der Waals surface area (Å²) in [4.78, 5) is 18.0. The van der Waals surface area contributed by atoms with Crippen molar-refractivity contribution in [3.63, 3.8) is 0 Å². The van der Waals surface area contributed by atoms with Gasteiger partial charge in [-0.15, -0.1) is 0 Å². The van der Waals surface area contributed by atoms with E-state index in [1.165, 1.54) is 11.9 Å². The number of rotatable bonds is 5. The Morgan fingerprint density at radius 2 is 1.73 bits per heavy atom. The van der Waals surface area contributed by atoms with Crippen LogP contribution in [0.1, 0.15) is 61.3 Å². The minimum Gasteiger partial charge on any atom is -0.493 e. The number of Topliss-reactive ketones (excluding diaryl/α,β-unsaturated/α-hetero) is 1. The largest absolute Gasteiger partial charge is 0.493 e. The molecule has 0 fully saturated rings. The van der Waals surface area contributed by atoms with Gasteiger partial charge in [-0.05, 0) is 47.1 Å². The van der Waals surface area contributed by atoms with Gasteiger partial charge >= 0.3 is 0 Å². The lowest BCUT2D eigenvalue weighted by molar-refractivity contribution is -0.116. The molecule has 7 heteroatoms. The molecule has 0 saturated heterocycles. The van der Waals surface area contributed by atoms with Crippen LogP contribution in [0.5, 0.6) is 11.5 Å². The summed E-state index contributed by atoms with van der Waals surface area (Å²) in [6.07, 6.45) is 2.68. The fraction of sp³-hybridized carbons (Fsp3) is 0.346. The van der Waals surface area contributed by atoms with Crippen LogP contribution in [-0.4, -0.2) is 34.8 Å². The fourth-order valence-corrected chi connectivity index (χ4v) is 4.87. The van der Waals surface area contributed by atoms with Gasteiger partial charge in [0.2, 0.25) is 5.95 Å². The number of benzene rings is 2. The van der Waals surface area contributed by atoms with Crippen LogP contribution in [-0.2, 0) is 4.79 Å². The third kappa shape index (κ3) is 3.67. The third-order valence-corrected chi connectivity index (χ3v) is 6.66. The Kier molecular flexibility index (Phi) is 5.40. The molecule has 7 nitrogen and oxygen atoms in total. The summed E-state index contributed by atoms with van der Waals surface area (Å²) in [5.41, 5.74) is 5.06. The average Bonchev–Trinajstić information content (AvgIpc) is 3.30. The van der Waals surface area contributed by atoms with Crippen LogP contribution < -0.4 is 14.8 Å². The number of nitrogens with zero attached hydrogens (tertiary/aromatic N) is 3. The van der Waals surface area contributed by atoms with Crippen molar-refractivity contribution in [3.05, 3.63) is 76.8 Å².